The van der Waals surface area contributed by atoms with Gasteiger partial charge in [0.15, 0.2) is 0 Å². The van der Waals surface area contributed by atoms with E-state index >= 15 is 0 Å². The summed E-state index contributed by atoms with van der Waals surface area (Å²) in [6, 6.07) is 7.18. The molecule has 1 aromatic carbocycles. The standard InChI is InChI=1S/C16H20FN3/c17-16-5-2-1-4-15(16)14-6-10-19(12-14)8-3-9-20-11-7-18-13-20/h1-2,4-5,7,11,13-14H,3,6,8-10,12H2. The quantitative estimate of drug-likeness (QED) is 0.835. The molecule has 1 aliphatic heterocycles. The summed E-state index contributed by atoms with van der Waals surface area (Å²) in [6.45, 7) is 4.12. The molecule has 20 heavy (non-hydrogen) atoms. The Morgan fingerprint density at radius 2 is 2.15 bits per heavy atom. The van der Waals surface area contributed by atoms with Crippen molar-refractivity contribution in [3.8, 4) is 0 Å². The zero-order valence-corrected chi connectivity index (χ0v) is 11.6. The Kier molecular flexibility index (Phi) is 4.11. The number of likely N-dealkylation sites (tertiary alicyclic amines) is 1. The van der Waals surface area contributed by atoms with Gasteiger partial charge in [0.25, 0.3) is 0 Å². The summed E-state index contributed by atoms with van der Waals surface area (Å²) in [5, 5.41) is 0. The lowest BCUT2D eigenvalue weighted by molar-refractivity contribution is 0.320. The predicted octanol–water partition coefficient (Wildman–Crippen LogP) is 2.90. The number of aryl methyl sites for hydroxylation is 1. The van der Waals surface area contributed by atoms with Gasteiger partial charge in [-0.2, -0.15) is 0 Å². The van der Waals surface area contributed by atoms with E-state index in [4.69, 9.17) is 0 Å². The first-order valence-corrected chi connectivity index (χ1v) is 7.25. The van der Waals surface area contributed by atoms with Crippen LogP contribution in [0.4, 0.5) is 4.39 Å². The molecule has 106 valence electrons. The minimum absolute atomic E-state index is 0.0576. The molecular formula is C16H20FN3. The zero-order chi connectivity index (χ0) is 13.8. The minimum Gasteiger partial charge on any atom is -0.337 e. The van der Waals surface area contributed by atoms with Crippen molar-refractivity contribution in [3.05, 3.63) is 54.4 Å². The van der Waals surface area contributed by atoms with Crippen molar-refractivity contribution in [3.63, 3.8) is 0 Å². The van der Waals surface area contributed by atoms with Crippen LogP contribution in [0.3, 0.4) is 0 Å². The van der Waals surface area contributed by atoms with Crippen LogP contribution in [0.2, 0.25) is 0 Å². The summed E-state index contributed by atoms with van der Waals surface area (Å²) in [5.41, 5.74) is 0.879. The first-order chi connectivity index (χ1) is 9.83. The van der Waals surface area contributed by atoms with E-state index in [-0.39, 0.29) is 5.82 Å². The fourth-order valence-corrected chi connectivity index (χ4v) is 2.99. The number of nitrogens with zero attached hydrogens (tertiary/aromatic N) is 3. The van der Waals surface area contributed by atoms with Crippen LogP contribution in [-0.2, 0) is 6.54 Å². The third-order valence-electron chi connectivity index (χ3n) is 4.07. The molecule has 0 bridgehead atoms. The van der Waals surface area contributed by atoms with Crippen molar-refractivity contribution >= 4 is 0 Å². The predicted molar refractivity (Wildman–Crippen MR) is 77.0 cm³/mol. The van der Waals surface area contributed by atoms with Crippen LogP contribution in [0.15, 0.2) is 43.0 Å². The molecule has 0 spiro atoms. The molecule has 1 aromatic heterocycles. The van der Waals surface area contributed by atoms with Gasteiger partial charge in [-0.05, 0) is 37.6 Å². The van der Waals surface area contributed by atoms with E-state index in [9.17, 15) is 4.39 Å². The van der Waals surface area contributed by atoms with Crippen molar-refractivity contribution in [2.24, 2.45) is 0 Å². The van der Waals surface area contributed by atoms with Gasteiger partial charge in [0.2, 0.25) is 0 Å². The molecule has 0 saturated carbocycles. The number of hydrogen-bond donors (Lipinski definition) is 0. The molecule has 2 aromatic rings. The van der Waals surface area contributed by atoms with E-state index < -0.39 is 0 Å². The summed E-state index contributed by atoms with van der Waals surface area (Å²) in [7, 11) is 0. The lowest BCUT2D eigenvalue weighted by Crippen LogP contribution is -2.22. The smallest absolute Gasteiger partial charge is 0.126 e. The van der Waals surface area contributed by atoms with Gasteiger partial charge in [-0.3, -0.25) is 0 Å². The molecule has 0 amide bonds. The summed E-state index contributed by atoms with van der Waals surface area (Å²) in [4.78, 5) is 6.48. The topological polar surface area (TPSA) is 21.1 Å². The maximum Gasteiger partial charge on any atom is 0.126 e. The van der Waals surface area contributed by atoms with Gasteiger partial charge in [-0.25, -0.2) is 9.37 Å². The second-order valence-corrected chi connectivity index (χ2v) is 5.46. The van der Waals surface area contributed by atoms with Crippen LogP contribution < -0.4 is 0 Å². The first kappa shape index (κ1) is 13.3. The van der Waals surface area contributed by atoms with Crippen molar-refractivity contribution in [1.29, 1.82) is 0 Å². The second kappa shape index (κ2) is 6.18. The number of rotatable bonds is 5. The number of benzene rings is 1. The molecule has 1 saturated heterocycles. The fraction of sp³-hybridized carbons (Fsp3) is 0.438. The van der Waals surface area contributed by atoms with Gasteiger partial charge in [0.05, 0.1) is 6.33 Å². The SMILES string of the molecule is Fc1ccccc1C1CCN(CCCn2ccnc2)C1. The van der Waals surface area contributed by atoms with E-state index in [1.165, 1.54) is 0 Å². The number of aromatic nitrogens is 2. The highest BCUT2D eigenvalue weighted by Gasteiger charge is 2.25. The molecule has 4 heteroatoms. The van der Waals surface area contributed by atoms with Crippen molar-refractivity contribution in [1.82, 2.24) is 14.5 Å². The molecule has 1 aliphatic rings. The van der Waals surface area contributed by atoms with Crippen molar-refractivity contribution < 1.29 is 4.39 Å². The Bertz CT molecular complexity index is 538. The molecule has 0 radical (unpaired) electrons. The van der Waals surface area contributed by atoms with Crippen LogP contribution >= 0.6 is 0 Å². The van der Waals surface area contributed by atoms with E-state index in [1.54, 1.807) is 12.1 Å². The molecule has 1 unspecified atom stereocenters. The summed E-state index contributed by atoms with van der Waals surface area (Å²) >= 11 is 0. The minimum atomic E-state index is -0.0576. The number of halogens is 1. The fourth-order valence-electron chi connectivity index (χ4n) is 2.99. The van der Waals surface area contributed by atoms with Crippen molar-refractivity contribution in [2.45, 2.75) is 25.3 Å². The van der Waals surface area contributed by atoms with Gasteiger partial charge in [-0.15, -0.1) is 0 Å². The lowest BCUT2D eigenvalue weighted by Gasteiger charge is -2.16. The number of imidazole rings is 1. The maximum atomic E-state index is 13.8. The summed E-state index contributed by atoms with van der Waals surface area (Å²) in [6.07, 6.45) is 7.83. The zero-order valence-electron chi connectivity index (χ0n) is 11.6. The molecule has 0 aliphatic carbocycles. The van der Waals surface area contributed by atoms with Gasteiger partial charge < -0.3 is 9.47 Å². The van der Waals surface area contributed by atoms with E-state index in [0.717, 1.165) is 44.6 Å². The maximum absolute atomic E-state index is 13.8. The molecular weight excluding hydrogens is 253 g/mol. The second-order valence-electron chi connectivity index (χ2n) is 5.46. The van der Waals surface area contributed by atoms with E-state index in [1.807, 2.05) is 30.9 Å². The molecule has 3 nitrogen and oxygen atoms in total. The van der Waals surface area contributed by atoms with Crippen LogP contribution in [0, 0.1) is 5.82 Å². The van der Waals surface area contributed by atoms with E-state index in [2.05, 4.69) is 14.5 Å². The van der Waals surface area contributed by atoms with Gasteiger partial charge in [0.1, 0.15) is 5.82 Å². The van der Waals surface area contributed by atoms with Gasteiger partial charge in [-0.1, -0.05) is 18.2 Å². The lowest BCUT2D eigenvalue weighted by atomic mass is 9.98. The third kappa shape index (κ3) is 3.07. The van der Waals surface area contributed by atoms with Gasteiger partial charge >= 0.3 is 0 Å². The highest BCUT2D eigenvalue weighted by Crippen LogP contribution is 2.28. The van der Waals surface area contributed by atoms with Crippen molar-refractivity contribution in [2.75, 3.05) is 19.6 Å². The van der Waals surface area contributed by atoms with E-state index in [0.29, 0.717) is 5.92 Å². The molecule has 3 rings (SSSR count). The highest BCUT2D eigenvalue weighted by molar-refractivity contribution is 5.23. The summed E-state index contributed by atoms with van der Waals surface area (Å²) < 4.78 is 15.9. The Morgan fingerprint density at radius 3 is 2.95 bits per heavy atom. The molecule has 2 heterocycles. The summed E-state index contributed by atoms with van der Waals surface area (Å²) in [5.74, 6) is 0.294. The largest absolute Gasteiger partial charge is 0.337 e. The normalized spacial score (nSPS) is 19.6. The Hall–Kier alpha value is -1.68. The van der Waals surface area contributed by atoms with Gasteiger partial charge in [0, 0.05) is 31.4 Å². The Balaban J connectivity index is 1.49. The van der Waals surface area contributed by atoms with Crippen LogP contribution in [0.25, 0.3) is 0 Å². The highest BCUT2D eigenvalue weighted by atomic mass is 19.1. The van der Waals surface area contributed by atoms with Crippen LogP contribution in [-0.4, -0.2) is 34.1 Å². The number of hydrogen-bond acceptors (Lipinski definition) is 2. The van der Waals surface area contributed by atoms with Crippen LogP contribution in [0.1, 0.15) is 24.3 Å². The molecule has 0 N–H and O–H groups in total. The third-order valence-corrected chi connectivity index (χ3v) is 4.07. The molecule has 1 fully saturated rings. The Morgan fingerprint density at radius 1 is 1.25 bits per heavy atom. The molecule has 1 atom stereocenters. The first-order valence-electron chi connectivity index (χ1n) is 7.25. The van der Waals surface area contributed by atoms with Crippen LogP contribution in [0.5, 0.6) is 0 Å². The monoisotopic (exact) mass is 273 g/mol. The Labute approximate surface area is 119 Å². The average Bonchev–Trinajstić information content (AvgIpc) is 3.11. The average molecular weight is 273 g/mol.